The number of aromatic nitrogens is 4. The van der Waals surface area contributed by atoms with Crippen molar-refractivity contribution in [2.75, 3.05) is 5.73 Å². The van der Waals surface area contributed by atoms with Crippen molar-refractivity contribution in [2.24, 2.45) is 0 Å². The van der Waals surface area contributed by atoms with Gasteiger partial charge >= 0.3 is 0 Å². The van der Waals surface area contributed by atoms with Gasteiger partial charge in [0, 0.05) is 15.7 Å². The van der Waals surface area contributed by atoms with Gasteiger partial charge in [-0.15, -0.1) is 0 Å². The minimum atomic E-state index is -0.445. The molecule has 27 heavy (non-hydrogen) atoms. The molecule has 0 amide bonds. The lowest BCUT2D eigenvalue weighted by Crippen LogP contribution is -2.03. The van der Waals surface area contributed by atoms with Crippen LogP contribution in [0.5, 0.6) is 0 Å². The fraction of sp³-hybridized carbons (Fsp3) is 0.278. The lowest BCUT2D eigenvalue weighted by molar-refractivity contribution is -0.0279. The number of ether oxygens (including phenoxy) is 2. The predicted molar refractivity (Wildman–Crippen MR) is 113 cm³/mol. The summed E-state index contributed by atoms with van der Waals surface area (Å²) >= 11 is 3.69. The highest BCUT2D eigenvalue weighted by molar-refractivity contribution is 14.1. The molecule has 9 heteroatoms. The molecule has 4 rings (SSSR count). The van der Waals surface area contributed by atoms with E-state index >= 15 is 0 Å². The molecular weight excluding hydrogens is 477 g/mol. The fourth-order valence-electron chi connectivity index (χ4n) is 2.75. The molecule has 2 N–H and O–H groups in total. The van der Waals surface area contributed by atoms with Crippen molar-refractivity contribution in [3.63, 3.8) is 0 Å². The summed E-state index contributed by atoms with van der Waals surface area (Å²) in [5.74, 6) is 0.381. The summed E-state index contributed by atoms with van der Waals surface area (Å²) in [7, 11) is 0. The van der Waals surface area contributed by atoms with E-state index < -0.39 is 6.29 Å². The summed E-state index contributed by atoms with van der Waals surface area (Å²) < 4.78 is 14.9. The largest absolute Gasteiger partial charge is 0.454 e. The van der Waals surface area contributed by atoms with Gasteiger partial charge in [0.25, 0.3) is 6.29 Å². The number of nitrogens with zero attached hydrogens (tertiary/aromatic N) is 4. The lowest BCUT2D eigenvalue weighted by Gasteiger charge is -2.13. The zero-order valence-electron chi connectivity index (χ0n) is 14.6. The summed E-state index contributed by atoms with van der Waals surface area (Å²) in [6.45, 7) is 2.96. The van der Waals surface area contributed by atoms with Crippen LogP contribution in [0, 0.1) is 3.57 Å². The van der Waals surface area contributed by atoms with Gasteiger partial charge in [-0.05, 0) is 46.8 Å². The van der Waals surface area contributed by atoms with E-state index in [9.17, 15) is 0 Å². The summed E-state index contributed by atoms with van der Waals surface area (Å²) in [5.41, 5.74) is 8.34. The van der Waals surface area contributed by atoms with Crippen molar-refractivity contribution in [3.05, 3.63) is 51.1 Å². The first kappa shape index (κ1) is 18.4. The number of unbranched alkanes of at least 4 members (excludes halogenated alkanes) is 1. The number of fused-ring (bicyclic) bond motifs is 1. The number of nitrogens with two attached hydrogens (primary N) is 1. The van der Waals surface area contributed by atoms with E-state index in [0.717, 1.165) is 39.3 Å². The van der Waals surface area contributed by atoms with Gasteiger partial charge < -0.3 is 19.8 Å². The molecule has 0 aliphatic carbocycles. The molecule has 7 nitrogen and oxygen atoms in total. The number of thioether (sulfide) groups is 1. The third-order valence-electron chi connectivity index (χ3n) is 4.12. The zero-order valence-corrected chi connectivity index (χ0v) is 17.6. The summed E-state index contributed by atoms with van der Waals surface area (Å²) in [6.07, 6.45) is 4.75. The highest BCUT2D eigenvalue weighted by atomic mass is 127. The molecule has 2 aromatic heterocycles. The lowest BCUT2D eigenvalue weighted by atomic mass is 10.2. The van der Waals surface area contributed by atoms with E-state index in [2.05, 4.69) is 49.0 Å². The Kier molecular flexibility index (Phi) is 5.39. The van der Waals surface area contributed by atoms with Crippen LogP contribution in [-0.4, -0.2) is 19.5 Å². The number of anilines is 1. The van der Waals surface area contributed by atoms with Crippen molar-refractivity contribution in [3.8, 4) is 0 Å². The van der Waals surface area contributed by atoms with E-state index in [4.69, 9.17) is 15.2 Å². The van der Waals surface area contributed by atoms with Crippen molar-refractivity contribution in [1.82, 2.24) is 19.5 Å². The van der Waals surface area contributed by atoms with Crippen LogP contribution in [0.3, 0.4) is 0 Å². The van der Waals surface area contributed by atoms with Crippen LogP contribution < -0.4 is 5.73 Å². The Morgan fingerprint density at radius 2 is 2.15 bits per heavy atom. The zero-order chi connectivity index (χ0) is 18.8. The molecule has 1 unspecified atom stereocenters. The highest BCUT2D eigenvalue weighted by Gasteiger charge is 2.26. The van der Waals surface area contributed by atoms with Gasteiger partial charge in [0.15, 0.2) is 22.1 Å². The molecule has 0 spiro atoms. The monoisotopic (exact) mass is 495 g/mol. The van der Waals surface area contributed by atoms with Crippen LogP contribution in [0.4, 0.5) is 5.82 Å². The first-order valence-corrected chi connectivity index (χ1v) is 10.5. The Hall–Kier alpha value is -2.01. The van der Waals surface area contributed by atoms with Crippen LogP contribution in [0.2, 0.25) is 0 Å². The second-order valence-electron chi connectivity index (χ2n) is 5.98. The molecule has 1 aliphatic rings. The molecule has 3 aromatic rings. The van der Waals surface area contributed by atoms with Gasteiger partial charge in [0.1, 0.15) is 12.6 Å². The van der Waals surface area contributed by atoms with E-state index in [-0.39, 0.29) is 0 Å². The average Bonchev–Trinajstić information content (AvgIpc) is 3.26. The van der Waals surface area contributed by atoms with E-state index in [1.807, 2.05) is 24.3 Å². The fourth-order valence-corrected chi connectivity index (χ4v) is 4.23. The number of halogens is 1. The highest BCUT2D eigenvalue weighted by Crippen LogP contribution is 2.39. The van der Waals surface area contributed by atoms with Gasteiger partial charge in [0.2, 0.25) is 5.09 Å². The van der Waals surface area contributed by atoms with Crippen molar-refractivity contribution < 1.29 is 9.47 Å². The number of hydrogen-bond acceptors (Lipinski definition) is 7. The standard InChI is InChI=1S/C18H18IN5O2S/c1-2-3-8-24-16-14(15(20)21-10-22-16)23-18(24)27-13-9-25-17(26-13)11-6-4-5-7-12(11)19/h4-7,9-10,17H,2-3,8H2,1H3,(H2,20,21,22). The molecule has 3 heterocycles. The molecule has 0 saturated carbocycles. The number of nitrogen functional groups attached to an aromatic ring is 1. The first-order valence-electron chi connectivity index (χ1n) is 8.58. The van der Waals surface area contributed by atoms with E-state index in [0.29, 0.717) is 16.4 Å². The van der Waals surface area contributed by atoms with Gasteiger partial charge in [-0.25, -0.2) is 15.0 Å². The van der Waals surface area contributed by atoms with E-state index in [1.165, 1.54) is 18.1 Å². The number of aryl methyl sites for hydroxylation is 1. The molecule has 0 saturated heterocycles. The minimum Gasteiger partial charge on any atom is -0.454 e. The van der Waals surface area contributed by atoms with Crippen LogP contribution in [0.25, 0.3) is 11.2 Å². The quantitative estimate of drug-likeness (QED) is 0.506. The van der Waals surface area contributed by atoms with Crippen LogP contribution in [0.15, 0.2) is 47.1 Å². The maximum absolute atomic E-state index is 5.99. The van der Waals surface area contributed by atoms with Gasteiger partial charge in [0.05, 0.1) is 0 Å². The Balaban J connectivity index is 1.58. The maximum Gasteiger partial charge on any atom is 0.268 e. The van der Waals surface area contributed by atoms with E-state index in [1.54, 1.807) is 6.26 Å². The second kappa shape index (κ2) is 7.93. The number of rotatable bonds is 6. The normalized spacial score (nSPS) is 16.2. The molecule has 0 bridgehead atoms. The van der Waals surface area contributed by atoms with Crippen LogP contribution in [0.1, 0.15) is 31.6 Å². The SMILES string of the molecule is CCCCn1c(SC2=COC(c3ccccc3I)O2)nc2c(N)ncnc21. The second-order valence-corrected chi connectivity index (χ2v) is 8.11. The van der Waals surface area contributed by atoms with Crippen LogP contribution >= 0.6 is 34.4 Å². The molecule has 0 radical (unpaired) electrons. The summed E-state index contributed by atoms with van der Waals surface area (Å²) in [6, 6.07) is 7.99. The number of imidazole rings is 1. The van der Waals surface area contributed by atoms with Gasteiger partial charge in [-0.3, -0.25) is 0 Å². The topological polar surface area (TPSA) is 88.1 Å². The molecule has 0 fully saturated rings. The van der Waals surface area contributed by atoms with Gasteiger partial charge in [-0.2, -0.15) is 0 Å². The third-order valence-corrected chi connectivity index (χ3v) is 5.99. The third kappa shape index (κ3) is 3.70. The smallest absolute Gasteiger partial charge is 0.268 e. The molecular formula is C18H18IN5O2S. The maximum atomic E-state index is 5.99. The molecule has 1 atom stereocenters. The van der Waals surface area contributed by atoms with Crippen molar-refractivity contribution >= 4 is 51.3 Å². The van der Waals surface area contributed by atoms with Crippen LogP contribution in [-0.2, 0) is 16.0 Å². The van der Waals surface area contributed by atoms with Gasteiger partial charge in [-0.1, -0.05) is 31.5 Å². The molecule has 1 aliphatic heterocycles. The number of hydrogen-bond donors (Lipinski definition) is 1. The molecule has 140 valence electrons. The van der Waals surface area contributed by atoms with Crippen molar-refractivity contribution in [2.45, 2.75) is 37.8 Å². The minimum absolute atomic E-state index is 0.381. The Morgan fingerprint density at radius 3 is 2.96 bits per heavy atom. The first-order chi connectivity index (χ1) is 13.2. The predicted octanol–water partition coefficient (Wildman–Crippen LogP) is 4.45. The summed E-state index contributed by atoms with van der Waals surface area (Å²) in [4.78, 5) is 13.1. The summed E-state index contributed by atoms with van der Waals surface area (Å²) in [5, 5.41) is 1.42. The Morgan fingerprint density at radius 1 is 1.30 bits per heavy atom. The Labute approximate surface area is 174 Å². The molecule has 1 aromatic carbocycles. The number of benzene rings is 1. The Bertz CT molecular complexity index is 1010. The average molecular weight is 495 g/mol. The van der Waals surface area contributed by atoms with Crippen molar-refractivity contribution in [1.29, 1.82) is 0 Å².